The van der Waals surface area contributed by atoms with Crippen LogP contribution in [0.1, 0.15) is 38.2 Å². The van der Waals surface area contributed by atoms with Crippen LogP contribution in [0, 0.1) is 23.5 Å². The highest BCUT2D eigenvalue weighted by Crippen LogP contribution is 2.49. The van der Waals surface area contributed by atoms with Gasteiger partial charge in [-0.2, -0.15) is 0 Å². The largest absolute Gasteiger partial charge is 0.391 e. The minimum Gasteiger partial charge on any atom is -0.391 e. The second-order valence-electron chi connectivity index (χ2n) is 6.11. The third-order valence-electron chi connectivity index (χ3n) is 3.75. The van der Waals surface area contributed by atoms with Crippen LogP contribution in [0.4, 0.5) is 8.78 Å². The number of carbonyl (C=O) groups is 1. The summed E-state index contributed by atoms with van der Waals surface area (Å²) < 4.78 is 27.2. The summed E-state index contributed by atoms with van der Waals surface area (Å²) in [5.41, 5.74) is 0.000351. The molecule has 21 heavy (non-hydrogen) atoms. The maximum atomic E-state index is 13.6. The summed E-state index contributed by atoms with van der Waals surface area (Å²) in [4.78, 5) is 11.9. The molecular weight excluding hydrogens is 276 g/mol. The molecule has 0 radical (unpaired) electrons. The van der Waals surface area contributed by atoms with E-state index in [9.17, 15) is 18.7 Å². The Labute approximate surface area is 123 Å². The minimum atomic E-state index is -0.602. The van der Waals surface area contributed by atoms with Crippen LogP contribution >= 0.6 is 0 Å². The van der Waals surface area contributed by atoms with E-state index in [-0.39, 0.29) is 18.0 Å². The fourth-order valence-corrected chi connectivity index (χ4v) is 2.65. The highest BCUT2D eigenvalue weighted by atomic mass is 19.1. The van der Waals surface area contributed by atoms with Gasteiger partial charge in [0.05, 0.1) is 6.10 Å². The van der Waals surface area contributed by atoms with E-state index in [0.29, 0.717) is 18.8 Å². The van der Waals surface area contributed by atoms with Crippen LogP contribution in [0.25, 0.3) is 0 Å². The molecule has 0 saturated heterocycles. The highest BCUT2D eigenvalue weighted by molar-refractivity contribution is 5.82. The van der Waals surface area contributed by atoms with Crippen LogP contribution < -0.4 is 5.32 Å². The van der Waals surface area contributed by atoms with Crippen molar-refractivity contribution in [1.29, 1.82) is 0 Å². The Morgan fingerprint density at radius 1 is 1.38 bits per heavy atom. The number of hydrogen-bond acceptors (Lipinski definition) is 2. The summed E-state index contributed by atoms with van der Waals surface area (Å²) in [6.45, 7) is 4.16. The third kappa shape index (κ3) is 4.00. The number of rotatable bonds is 6. The van der Waals surface area contributed by atoms with Gasteiger partial charge < -0.3 is 10.4 Å². The normalized spacial score (nSPS) is 22.2. The lowest BCUT2D eigenvalue weighted by molar-refractivity contribution is -0.122. The van der Waals surface area contributed by atoms with E-state index < -0.39 is 29.6 Å². The molecule has 1 aliphatic carbocycles. The van der Waals surface area contributed by atoms with Crippen molar-refractivity contribution in [3.8, 4) is 0 Å². The number of hydrogen-bond donors (Lipinski definition) is 2. The van der Waals surface area contributed by atoms with E-state index in [2.05, 4.69) is 5.32 Å². The van der Waals surface area contributed by atoms with Crippen molar-refractivity contribution < 1.29 is 18.7 Å². The van der Waals surface area contributed by atoms with Crippen LogP contribution in [0.2, 0.25) is 0 Å². The average Bonchev–Trinajstić information content (AvgIpc) is 3.15. The van der Waals surface area contributed by atoms with Crippen LogP contribution in [0.5, 0.6) is 0 Å². The summed E-state index contributed by atoms with van der Waals surface area (Å²) >= 11 is 0. The van der Waals surface area contributed by atoms with Crippen molar-refractivity contribution in [2.75, 3.05) is 6.54 Å². The maximum Gasteiger partial charge on any atom is 0.223 e. The van der Waals surface area contributed by atoms with Gasteiger partial charge in [-0.3, -0.25) is 4.79 Å². The molecule has 2 rings (SSSR count). The highest BCUT2D eigenvalue weighted by Gasteiger charge is 2.46. The molecular formula is C16H21F2NO2. The van der Waals surface area contributed by atoms with Gasteiger partial charge in [0.15, 0.2) is 0 Å². The van der Waals surface area contributed by atoms with E-state index in [1.165, 1.54) is 18.2 Å². The van der Waals surface area contributed by atoms with Crippen LogP contribution in [-0.4, -0.2) is 23.7 Å². The number of halogens is 2. The predicted octanol–water partition coefficient (Wildman–Crippen LogP) is 2.59. The molecule has 0 bridgehead atoms. The Bertz CT molecular complexity index is 499. The first-order valence-electron chi connectivity index (χ1n) is 7.29. The zero-order chi connectivity index (χ0) is 15.6. The van der Waals surface area contributed by atoms with E-state index in [1.807, 2.05) is 13.8 Å². The monoisotopic (exact) mass is 297 g/mol. The van der Waals surface area contributed by atoms with Gasteiger partial charge in [-0.05, 0) is 30.9 Å². The number of nitrogens with one attached hydrogen (secondary N) is 1. The van der Waals surface area contributed by atoms with Crippen molar-refractivity contribution in [1.82, 2.24) is 5.32 Å². The molecule has 116 valence electrons. The Balaban J connectivity index is 1.87. The fourth-order valence-electron chi connectivity index (χ4n) is 2.65. The summed E-state index contributed by atoms with van der Waals surface area (Å²) in [5.74, 6) is -1.90. The van der Waals surface area contributed by atoms with Gasteiger partial charge >= 0.3 is 0 Å². The summed E-state index contributed by atoms with van der Waals surface area (Å²) in [7, 11) is 0. The molecule has 1 saturated carbocycles. The number of aliphatic hydroxyl groups is 1. The lowest BCUT2D eigenvalue weighted by Gasteiger charge is -2.14. The molecule has 3 atom stereocenters. The van der Waals surface area contributed by atoms with Gasteiger partial charge in [-0.25, -0.2) is 8.78 Å². The van der Waals surface area contributed by atoms with Crippen molar-refractivity contribution in [2.45, 2.75) is 38.7 Å². The van der Waals surface area contributed by atoms with Crippen LogP contribution in [0.15, 0.2) is 18.2 Å². The Kier molecular flexibility index (Phi) is 4.93. The molecule has 5 heteroatoms. The molecule has 1 aromatic carbocycles. The first-order valence-corrected chi connectivity index (χ1v) is 7.29. The van der Waals surface area contributed by atoms with Crippen molar-refractivity contribution in [3.63, 3.8) is 0 Å². The lowest BCUT2D eigenvalue weighted by Crippen LogP contribution is -2.34. The fraction of sp³-hybridized carbons (Fsp3) is 0.562. The smallest absolute Gasteiger partial charge is 0.223 e. The van der Waals surface area contributed by atoms with Crippen molar-refractivity contribution in [3.05, 3.63) is 35.4 Å². The summed E-state index contributed by atoms with van der Waals surface area (Å²) in [6, 6.07) is 3.73. The molecule has 1 aliphatic rings. The molecule has 0 heterocycles. The molecule has 1 aromatic rings. The van der Waals surface area contributed by atoms with E-state index >= 15 is 0 Å². The van der Waals surface area contributed by atoms with Crippen LogP contribution in [-0.2, 0) is 4.79 Å². The molecule has 3 nitrogen and oxygen atoms in total. The predicted molar refractivity (Wildman–Crippen MR) is 75.7 cm³/mol. The topological polar surface area (TPSA) is 49.3 Å². The Morgan fingerprint density at radius 2 is 2.00 bits per heavy atom. The molecule has 0 spiro atoms. The molecule has 3 unspecified atom stereocenters. The SMILES string of the molecule is CC(C)CC(O)CNC(=O)C1CC1c1c(F)cccc1F. The first-order chi connectivity index (χ1) is 9.90. The number of aliphatic hydroxyl groups excluding tert-OH is 1. The summed E-state index contributed by atoms with van der Waals surface area (Å²) in [6.07, 6.45) is 0.469. The minimum absolute atomic E-state index is 0.000351. The Morgan fingerprint density at radius 3 is 2.57 bits per heavy atom. The number of benzene rings is 1. The van der Waals surface area contributed by atoms with E-state index in [0.717, 1.165) is 0 Å². The zero-order valence-electron chi connectivity index (χ0n) is 12.3. The standard InChI is InChI=1S/C16H21F2NO2/c1-9(2)6-10(20)8-19-16(21)12-7-11(12)15-13(17)4-3-5-14(15)18/h3-5,9-12,20H,6-8H2,1-2H3,(H,19,21). The quantitative estimate of drug-likeness (QED) is 0.848. The zero-order valence-corrected chi connectivity index (χ0v) is 12.3. The maximum absolute atomic E-state index is 13.6. The Hall–Kier alpha value is -1.49. The van der Waals surface area contributed by atoms with Gasteiger partial charge in [0.25, 0.3) is 0 Å². The molecule has 1 fully saturated rings. The second kappa shape index (κ2) is 6.52. The number of amides is 1. The van der Waals surface area contributed by atoms with Gasteiger partial charge in [0, 0.05) is 23.9 Å². The molecule has 0 aromatic heterocycles. The van der Waals surface area contributed by atoms with E-state index in [1.54, 1.807) is 0 Å². The third-order valence-corrected chi connectivity index (χ3v) is 3.75. The molecule has 0 aliphatic heterocycles. The van der Waals surface area contributed by atoms with Gasteiger partial charge in [0.2, 0.25) is 5.91 Å². The van der Waals surface area contributed by atoms with Crippen molar-refractivity contribution in [2.24, 2.45) is 11.8 Å². The van der Waals surface area contributed by atoms with Gasteiger partial charge in [-0.1, -0.05) is 19.9 Å². The number of carbonyl (C=O) groups excluding carboxylic acids is 1. The van der Waals surface area contributed by atoms with E-state index in [4.69, 9.17) is 0 Å². The molecule has 1 amide bonds. The van der Waals surface area contributed by atoms with Crippen LogP contribution in [0.3, 0.4) is 0 Å². The summed E-state index contributed by atoms with van der Waals surface area (Å²) in [5, 5.41) is 12.4. The second-order valence-corrected chi connectivity index (χ2v) is 6.11. The van der Waals surface area contributed by atoms with Crippen molar-refractivity contribution >= 4 is 5.91 Å². The first kappa shape index (κ1) is 15.9. The lowest BCUT2D eigenvalue weighted by atomic mass is 10.1. The average molecular weight is 297 g/mol. The van der Waals surface area contributed by atoms with Gasteiger partial charge in [-0.15, -0.1) is 0 Å². The van der Waals surface area contributed by atoms with Gasteiger partial charge in [0.1, 0.15) is 11.6 Å². The molecule has 2 N–H and O–H groups in total.